The molecule has 1 fully saturated rings. The Balaban J connectivity index is 1.42. The number of likely N-dealkylation sites (tertiary alicyclic amines) is 1. The van der Waals surface area contributed by atoms with E-state index in [-0.39, 0.29) is 5.97 Å². The van der Waals surface area contributed by atoms with E-state index in [1.165, 1.54) is 22.3 Å². The summed E-state index contributed by atoms with van der Waals surface area (Å²) in [5, 5.41) is 0. The van der Waals surface area contributed by atoms with Crippen LogP contribution in [0.5, 0.6) is 0 Å². The van der Waals surface area contributed by atoms with Crippen LogP contribution in [-0.2, 0) is 16.8 Å². The number of nitrogens with zero attached hydrogens (tertiary/aromatic N) is 1. The Morgan fingerprint density at radius 3 is 2.06 bits per heavy atom. The van der Waals surface area contributed by atoms with E-state index >= 15 is 0 Å². The Morgan fingerprint density at radius 1 is 0.778 bits per heavy atom. The van der Waals surface area contributed by atoms with E-state index in [2.05, 4.69) is 84.6 Å². The summed E-state index contributed by atoms with van der Waals surface area (Å²) in [6.07, 6.45) is 2.58. The normalized spacial score (nSPS) is 15.4. The maximum absolute atomic E-state index is 13.3. The predicted molar refractivity (Wildman–Crippen MR) is 146 cm³/mol. The molecule has 0 saturated carbocycles. The topological polar surface area (TPSA) is 29.5 Å². The molecule has 0 aliphatic carbocycles. The third-order valence-electron chi connectivity index (χ3n) is 7.43. The molecule has 0 spiro atoms. The fraction of sp³-hybridized carbons (Fsp3) is 0.242. The first-order chi connectivity index (χ1) is 17.6. The molecule has 1 aliphatic rings. The van der Waals surface area contributed by atoms with E-state index < -0.39 is 5.60 Å². The second kappa shape index (κ2) is 10.9. The summed E-state index contributed by atoms with van der Waals surface area (Å²) in [6, 6.07) is 36.9. The minimum Gasteiger partial charge on any atom is -0.450 e. The van der Waals surface area contributed by atoms with Crippen LogP contribution < -0.4 is 0 Å². The molecule has 0 bridgehead atoms. The third-order valence-corrected chi connectivity index (χ3v) is 7.43. The minimum absolute atomic E-state index is 0.252. The Hall–Kier alpha value is -3.69. The molecule has 0 unspecified atom stereocenters. The second-order valence-electron chi connectivity index (χ2n) is 9.67. The van der Waals surface area contributed by atoms with Crippen molar-refractivity contribution in [2.24, 2.45) is 0 Å². The SMILES string of the molecule is Cc1c(-c2ccccc2)cccc1C1(OC(=O)c2ccccc2)CCN(CCc2ccccc2)CC1. The zero-order valence-electron chi connectivity index (χ0n) is 20.9. The quantitative estimate of drug-likeness (QED) is 0.268. The number of carbonyl (C=O) groups is 1. The Morgan fingerprint density at radius 2 is 1.39 bits per heavy atom. The molecule has 1 heterocycles. The lowest BCUT2D eigenvalue weighted by molar-refractivity contribution is -0.0556. The molecular weight excluding hydrogens is 442 g/mol. The van der Waals surface area contributed by atoms with Gasteiger partial charge in [0.05, 0.1) is 5.56 Å². The van der Waals surface area contributed by atoms with Crippen molar-refractivity contribution in [3.05, 3.63) is 131 Å². The van der Waals surface area contributed by atoms with Gasteiger partial charge in [0.15, 0.2) is 0 Å². The highest BCUT2D eigenvalue weighted by Crippen LogP contribution is 2.41. The van der Waals surface area contributed by atoms with Gasteiger partial charge in [-0.05, 0) is 53.3 Å². The molecule has 3 heteroatoms. The second-order valence-corrected chi connectivity index (χ2v) is 9.67. The lowest BCUT2D eigenvalue weighted by Crippen LogP contribution is -2.46. The molecule has 0 aromatic heterocycles. The number of hydrogen-bond donors (Lipinski definition) is 0. The van der Waals surface area contributed by atoms with E-state index in [4.69, 9.17) is 4.74 Å². The Kier molecular flexibility index (Phi) is 7.29. The first-order valence-electron chi connectivity index (χ1n) is 12.8. The van der Waals surface area contributed by atoms with Gasteiger partial charge in [0.1, 0.15) is 5.60 Å². The van der Waals surface area contributed by atoms with Crippen LogP contribution in [0.3, 0.4) is 0 Å². The van der Waals surface area contributed by atoms with E-state index in [0.29, 0.717) is 5.56 Å². The standard InChI is InChI=1S/C33H33NO2/c1-26-30(28-14-7-3-8-15-28)18-11-19-31(26)33(36-32(35)29-16-9-4-10-17-29)21-24-34(25-22-33)23-20-27-12-5-2-6-13-27/h2-19H,20-25H2,1H3. The van der Waals surface area contributed by atoms with E-state index in [9.17, 15) is 4.79 Å². The van der Waals surface area contributed by atoms with Crippen LogP contribution >= 0.6 is 0 Å². The number of hydrogen-bond acceptors (Lipinski definition) is 3. The monoisotopic (exact) mass is 475 g/mol. The van der Waals surface area contributed by atoms with Crippen LogP contribution in [0.4, 0.5) is 0 Å². The molecular formula is C33H33NO2. The van der Waals surface area contributed by atoms with E-state index in [0.717, 1.165) is 44.5 Å². The maximum Gasteiger partial charge on any atom is 0.339 e. The van der Waals surface area contributed by atoms with Crippen molar-refractivity contribution < 1.29 is 9.53 Å². The Bertz CT molecular complexity index is 1280. The first kappa shape index (κ1) is 24.0. The molecule has 0 radical (unpaired) electrons. The van der Waals surface area contributed by atoms with Crippen molar-refractivity contribution in [3.8, 4) is 11.1 Å². The average Bonchev–Trinajstić information content (AvgIpc) is 2.94. The molecule has 5 rings (SSSR count). The molecule has 1 aliphatic heterocycles. The highest BCUT2D eigenvalue weighted by molar-refractivity contribution is 5.89. The third kappa shape index (κ3) is 5.27. The summed E-state index contributed by atoms with van der Waals surface area (Å²) in [7, 11) is 0. The van der Waals surface area contributed by atoms with Gasteiger partial charge in [-0.25, -0.2) is 4.79 Å². The van der Waals surface area contributed by atoms with Crippen LogP contribution in [0, 0.1) is 6.92 Å². The number of esters is 1. The van der Waals surface area contributed by atoms with E-state index in [1.54, 1.807) is 0 Å². The predicted octanol–water partition coefficient (Wildman–Crippen LogP) is 7.05. The highest BCUT2D eigenvalue weighted by Gasteiger charge is 2.41. The number of benzene rings is 4. The zero-order chi connectivity index (χ0) is 24.8. The molecule has 3 nitrogen and oxygen atoms in total. The van der Waals surface area contributed by atoms with Gasteiger partial charge in [-0.1, -0.05) is 97.1 Å². The molecule has 4 aromatic carbocycles. The zero-order valence-corrected chi connectivity index (χ0v) is 20.9. The number of rotatable bonds is 7. The number of piperidine rings is 1. The van der Waals surface area contributed by atoms with Crippen LogP contribution in [0.25, 0.3) is 11.1 Å². The van der Waals surface area contributed by atoms with Gasteiger partial charge >= 0.3 is 5.97 Å². The summed E-state index contributed by atoms with van der Waals surface area (Å²) in [6.45, 7) is 4.96. The fourth-order valence-electron chi connectivity index (χ4n) is 5.37. The lowest BCUT2D eigenvalue weighted by atomic mass is 9.79. The first-order valence-corrected chi connectivity index (χ1v) is 12.8. The van der Waals surface area contributed by atoms with Gasteiger partial charge in [-0.3, -0.25) is 0 Å². The van der Waals surface area contributed by atoms with Crippen molar-refractivity contribution in [1.82, 2.24) is 4.90 Å². The number of ether oxygens (including phenoxy) is 1. The highest BCUT2D eigenvalue weighted by atomic mass is 16.6. The fourth-order valence-corrected chi connectivity index (χ4v) is 5.37. The molecule has 0 amide bonds. The smallest absolute Gasteiger partial charge is 0.339 e. The summed E-state index contributed by atoms with van der Waals surface area (Å²) in [4.78, 5) is 15.8. The molecule has 0 N–H and O–H groups in total. The molecule has 1 saturated heterocycles. The lowest BCUT2D eigenvalue weighted by Gasteiger charge is -2.42. The van der Waals surface area contributed by atoms with Gasteiger partial charge in [0, 0.05) is 32.5 Å². The van der Waals surface area contributed by atoms with Crippen molar-refractivity contribution in [3.63, 3.8) is 0 Å². The molecule has 182 valence electrons. The van der Waals surface area contributed by atoms with Crippen molar-refractivity contribution >= 4 is 5.97 Å². The Labute approximate surface area is 214 Å². The van der Waals surface area contributed by atoms with Crippen LogP contribution in [0.1, 0.15) is 39.9 Å². The molecule has 0 atom stereocenters. The summed E-state index contributed by atoms with van der Waals surface area (Å²) >= 11 is 0. The van der Waals surface area contributed by atoms with Crippen molar-refractivity contribution in [2.45, 2.75) is 31.8 Å². The molecule has 4 aromatic rings. The summed E-state index contributed by atoms with van der Waals surface area (Å²) in [5.74, 6) is -0.252. The van der Waals surface area contributed by atoms with E-state index in [1.807, 2.05) is 36.4 Å². The van der Waals surface area contributed by atoms with Gasteiger partial charge in [-0.15, -0.1) is 0 Å². The van der Waals surface area contributed by atoms with Gasteiger partial charge in [0.25, 0.3) is 0 Å². The molecule has 36 heavy (non-hydrogen) atoms. The van der Waals surface area contributed by atoms with Crippen LogP contribution in [0.2, 0.25) is 0 Å². The van der Waals surface area contributed by atoms with Crippen molar-refractivity contribution in [2.75, 3.05) is 19.6 Å². The van der Waals surface area contributed by atoms with Crippen LogP contribution in [0.15, 0.2) is 109 Å². The summed E-state index contributed by atoms with van der Waals surface area (Å²) in [5.41, 5.74) is 5.98. The average molecular weight is 476 g/mol. The van der Waals surface area contributed by atoms with Gasteiger partial charge in [0.2, 0.25) is 0 Å². The van der Waals surface area contributed by atoms with Crippen molar-refractivity contribution in [1.29, 1.82) is 0 Å². The minimum atomic E-state index is -0.648. The maximum atomic E-state index is 13.3. The largest absolute Gasteiger partial charge is 0.450 e. The van der Waals surface area contributed by atoms with Gasteiger partial charge in [-0.2, -0.15) is 0 Å². The van der Waals surface area contributed by atoms with Gasteiger partial charge < -0.3 is 9.64 Å². The van der Waals surface area contributed by atoms with Crippen LogP contribution in [-0.4, -0.2) is 30.5 Å². The summed E-state index contributed by atoms with van der Waals surface area (Å²) < 4.78 is 6.47. The number of carbonyl (C=O) groups excluding carboxylic acids is 1.